The summed E-state index contributed by atoms with van der Waals surface area (Å²) in [4.78, 5) is 16.8. The molecule has 0 saturated carbocycles. The molecule has 2 rings (SSSR count). The molecule has 0 atom stereocenters. The van der Waals surface area contributed by atoms with E-state index in [9.17, 15) is 4.79 Å². The van der Waals surface area contributed by atoms with Crippen molar-refractivity contribution in [2.45, 2.75) is 46.0 Å². The Kier molecular flexibility index (Phi) is 6.05. The fourth-order valence-electron chi connectivity index (χ4n) is 2.76. The summed E-state index contributed by atoms with van der Waals surface area (Å²) in [6.45, 7) is 8.59. The minimum atomic E-state index is 0.0939. The van der Waals surface area contributed by atoms with Crippen LogP contribution in [0.25, 0.3) is 0 Å². The van der Waals surface area contributed by atoms with Gasteiger partial charge in [-0.2, -0.15) is 0 Å². The zero-order chi connectivity index (χ0) is 14.4. The van der Waals surface area contributed by atoms with Crippen molar-refractivity contribution in [3.8, 4) is 0 Å². The number of aryl methyl sites for hydroxylation is 2. The lowest BCUT2D eigenvalue weighted by Gasteiger charge is -2.26. The van der Waals surface area contributed by atoms with Gasteiger partial charge in [0.25, 0.3) is 5.91 Å². The quantitative estimate of drug-likeness (QED) is 0.817. The minimum Gasteiger partial charge on any atom is -0.351 e. The van der Waals surface area contributed by atoms with Crippen LogP contribution in [-0.4, -0.2) is 37.0 Å². The Labute approximate surface area is 126 Å². The van der Waals surface area contributed by atoms with Crippen molar-refractivity contribution in [3.63, 3.8) is 0 Å². The maximum Gasteiger partial charge on any atom is 0.261 e. The smallest absolute Gasteiger partial charge is 0.261 e. The van der Waals surface area contributed by atoms with Gasteiger partial charge in [-0.15, -0.1) is 11.3 Å². The summed E-state index contributed by atoms with van der Waals surface area (Å²) in [6.07, 6.45) is 6.11. The van der Waals surface area contributed by atoms with E-state index < -0.39 is 0 Å². The monoisotopic (exact) mass is 294 g/mol. The second kappa shape index (κ2) is 7.79. The van der Waals surface area contributed by atoms with Gasteiger partial charge in [0.1, 0.15) is 0 Å². The maximum atomic E-state index is 12.1. The lowest BCUT2D eigenvalue weighted by molar-refractivity contribution is 0.0955. The van der Waals surface area contributed by atoms with E-state index in [0.717, 1.165) is 30.8 Å². The number of amides is 1. The lowest BCUT2D eigenvalue weighted by atomic mass is 10.1. The van der Waals surface area contributed by atoms with Crippen molar-refractivity contribution in [1.29, 1.82) is 0 Å². The third-order valence-corrected chi connectivity index (χ3v) is 5.33. The molecule has 0 aromatic carbocycles. The minimum absolute atomic E-state index is 0.0939. The molecule has 0 radical (unpaired) electrons. The van der Waals surface area contributed by atoms with Crippen LogP contribution in [0.4, 0.5) is 0 Å². The number of thiophene rings is 1. The number of carbonyl (C=O) groups is 1. The first-order valence-electron chi connectivity index (χ1n) is 7.80. The Bertz CT molecular complexity index is 436. The number of hydrogen-bond acceptors (Lipinski definition) is 3. The Morgan fingerprint density at radius 2 is 2.10 bits per heavy atom. The molecule has 2 heterocycles. The summed E-state index contributed by atoms with van der Waals surface area (Å²) in [6, 6.07) is 2.02. The fraction of sp³-hybridized carbons (Fsp3) is 0.688. The summed E-state index contributed by atoms with van der Waals surface area (Å²) < 4.78 is 0. The van der Waals surface area contributed by atoms with Crippen LogP contribution in [0.1, 0.15) is 52.7 Å². The van der Waals surface area contributed by atoms with E-state index in [0.29, 0.717) is 0 Å². The molecular formula is C16H26N2OS. The standard InChI is InChI=1S/C16H26N2OS/c1-3-14-13(2)12-15(20-14)16(19)17-8-7-11-18-9-5-4-6-10-18/h12H,3-11H2,1-2H3,(H,17,19). The average Bonchev–Trinajstić information content (AvgIpc) is 2.86. The Balaban J connectivity index is 1.69. The van der Waals surface area contributed by atoms with Gasteiger partial charge in [-0.3, -0.25) is 4.79 Å². The van der Waals surface area contributed by atoms with Gasteiger partial charge in [0.05, 0.1) is 4.88 Å². The summed E-state index contributed by atoms with van der Waals surface area (Å²) in [7, 11) is 0. The topological polar surface area (TPSA) is 32.3 Å². The molecule has 20 heavy (non-hydrogen) atoms. The number of hydrogen-bond donors (Lipinski definition) is 1. The van der Waals surface area contributed by atoms with E-state index in [-0.39, 0.29) is 5.91 Å². The summed E-state index contributed by atoms with van der Waals surface area (Å²) in [5.41, 5.74) is 1.25. The van der Waals surface area contributed by atoms with Gasteiger partial charge in [-0.1, -0.05) is 13.3 Å². The molecule has 1 fully saturated rings. The van der Waals surface area contributed by atoms with Crippen LogP contribution in [0.5, 0.6) is 0 Å². The number of rotatable bonds is 6. The first-order valence-corrected chi connectivity index (χ1v) is 8.62. The van der Waals surface area contributed by atoms with Crippen LogP contribution in [0.15, 0.2) is 6.07 Å². The van der Waals surface area contributed by atoms with Gasteiger partial charge < -0.3 is 10.2 Å². The number of nitrogens with one attached hydrogen (secondary N) is 1. The van der Waals surface area contributed by atoms with Gasteiger partial charge in [0, 0.05) is 11.4 Å². The van der Waals surface area contributed by atoms with Crippen LogP contribution in [0.3, 0.4) is 0 Å². The highest BCUT2D eigenvalue weighted by molar-refractivity contribution is 7.14. The number of nitrogens with zero attached hydrogens (tertiary/aromatic N) is 1. The van der Waals surface area contributed by atoms with E-state index in [4.69, 9.17) is 0 Å². The first kappa shape index (κ1) is 15.5. The van der Waals surface area contributed by atoms with Gasteiger partial charge in [0.15, 0.2) is 0 Å². The highest BCUT2D eigenvalue weighted by Gasteiger charge is 2.12. The molecule has 0 spiro atoms. The molecule has 1 saturated heterocycles. The van der Waals surface area contributed by atoms with Crippen molar-refractivity contribution < 1.29 is 4.79 Å². The molecule has 112 valence electrons. The maximum absolute atomic E-state index is 12.1. The van der Waals surface area contributed by atoms with Crippen LogP contribution in [-0.2, 0) is 6.42 Å². The van der Waals surface area contributed by atoms with E-state index in [1.165, 1.54) is 42.8 Å². The van der Waals surface area contributed by atoms with E-state index in [1.807, 2.05) is 6.07 Å². The second-order valence-electron chi connectivity index (χ2n) is 5.58. The Hall–Kier alpha value is -0.870. The molecule has 4 heteroatoms. The molecular weight excluding hydrogens is 268 g/mol. The zero-order valence-electron chi connectivity index (χ0n) is 12.7. The zero-order valence-corrected chi connectivity index (χ0v) is 13.5. The predicted molar refractivity (Wildman–Crippen MR) is 85.7 cm³/mol. The average molecular weight is 294 g/mol. The SMILES string of the molecule is CCc1sc(C(=O)NCCCN2CCCCC2)cc1C. The molecule has 1 N–H and O–H groups in total. The van der Waals surface area contributed by atoms with Crippen LogP contribution in [0.2, 0.25) is 0 Å². The fourth-order valence-corrected chi connectivity index (χ4v) is 3.79. The van der Waals surface area contributed by atoms with E-state index >= 15 is 0 Å². The largest absolute Gasteiger partial charge is 0.351 e. The van der Waals surface area contributed by atoms with E-state index in [1.54, 1.807) is 11.3 Å². The van der Waals surface area contributed by atoms with Crippen molar-refractivity contribution in [3.05, 3.63) is 21.4 Å². The molecule has 0 unspecified atom stereocenters. The Morgan fingerprint density at radius 3 is 2.75 bits per heavy atom. The summed E-state index contributed by atoms with van der Waals surface area (Å²) in [5, 5.41) is 3.05. The molecule has 1 aromatic rings. The second-order valence-corrected chi connectivity index (χ2v) is 6.72. The summed E-state index contributed by atoms with van der Waals surface area (Å²) >= 11 is 1.63. The molecule has 1 aromatic heterocycles. The molecule has 1 aliphatic rings. The van der Waals surface area contributed by atoms with Crippen molar-refractivity contribution in [2.24, 2.45) is 0 Å². The predicted octanol–water partition coefficient (Wildman–Crippen LogP) is 3.22. The van der Waals surface area contributed by atoms with Gasteiger partial charge in [0.2, 0.25) is 0 Å². The molecule has 1 amide bonds. The highest BCUT2D eigenvalue weighted by Crippen LogP contribution is 2.22. The molecule has 3 nitrogen and oxygen atoms in total. The highest BCUT2D eigenvalue weighted by atomic mass is 32.1. The van der Waals surface area contributed by atoms with Crippen LogP contribution < -0.4 is 5.32 Å². The normalized spacial score (nSPS) is 16.3. The number of piperidine rings is 1. The van der Waals surface area contributed by atoms with Gasteiger partial charge >= 0.3 is 0 Å². The first-order chi connectivity index (χ1) is 9.70. The van der Waals surface area contributed by atoms with Gasteiger partial charge in [-0.25, -0.2) is 0 Å². The third kappa shape index (κ3) is 4.32. The van der Waals surface area contributed by atoms with Crippen molar-refractivity contribution in [1.82, 2.24) is 10.2 Å². The Morgan fingerprint density at radius 1 is 1.35 bits per heavy atom. The van der Waals surface area contributed by atoms with Crippen molar-refractivity contribution in [2.75, 3.05) is 26.2 Å². The molecule has 1 aliphatic heterocycles. The summed E-state index contributed by atoms with van der Waals surface area (Å²) in [5.74, 6) is 0.0939. The van der Waals surface area contributed by atoms with Crippen LogP contribution >= 0.6 is 11.3 Å². The lowest BCUT2D eigenvalue weighted by Crippen LogP contribution is -2.33. The van der Waals surface area contributed by atoms with Gasteiger partial charge in [-0.05, 0) is 63.9 Å². The number of carbonyl (C=O) groups excluding carboxylic acids is 1. The molecule has 0 aliphatic carbocycles. The third-order valence-electron chi connectivity index (χ3n) is 3.95. The number of likely N-dealkylation sites (tertiary alicyclic amines) is 1. The van der Waals surface area contributed by atoms with Crippen LogP contribution in [0, 0.1) is 6.92 Å². The van der Waals surface area contributed by atoms with E-state index in [2.05, 4.69) is 24.1 Å². The van der Waals surface area contributed by atoms with Crippen molar-refractivity contribution >= 4 is 17.2 Å². The molecule has 0 bridgehead atoms.